The minimum absolute atomic E-state index is 0.114. The lowest BCUT2D eigenvalue weighted by Gasteiger charge is -2.29. The molecule has 2 aromatic carbocycles. The molecule has 0 spiro atoms. The number of aliphatic hydroxyl groups excluding tert-OH is 1. The van der Waals surface area contributed by atoms with Crippen LogP contribution in [0.4, 0.5) is 0 Å². The van der Waals surface area contributed by atoms with E-state index >= 15 is 0 Å². The zero-order valence-corrected chi connectivity index (χ0v) is 21.0. The molecule has 2 heterocycles. The maximum Gasteiger partial charge on any atom is 0.295 e. The van der Waals surface area contributed by atoms with E-state index in [0.29, 0.717) is 31.1 Å². The van der Waals surface area contributed by atoms with Crippen molar-refractivity contribution in [3.8, 4) is 5.75 Å². The summed E-state index contributed by atoms with van der Waals surface area (Å²) in [7, 11) is 1.58. The standard InChI is InChI=1S/C26H29BrN2O5/c1-17-16-19(6-9-21(17)33-2)24(30)22-23(18-4-7-20(27)8-5-18)29(26(32)25(22)31)11-3-10-28-12-14-34-15-13-28/h4-9,16,23,30H,3,10-15H2,1-2H3/b24-22+/t23-/m0/s1. The van der Waals surface area contributed by atoms with Gasteiger partial charge in [0.2, 0.25) is 0 Å². The second kappa shape index (κ2) is 10.7. The predicted octanol–water partition coefficient (Wildman–Crippen LogP) is 3.91. The van der Waals surface area contributed by atoms with Crippen molar-refractivity contribution in [1.29, 1.82) is 0 Å². The van der Waals surface area contributed by atoms with Crippen molar-refractivity contribution < 1.29 is 24.2 Å². The van der Waals surface area contributed by atoms with E-state index in [1.54, 1.807) is 30.2 Å². The number of Topliss-reactive ketones (excluding diaryl/α,β-unsaturated/α-hetero) is 1. The second-order valence-electron chi connectivity index (χ2n) is 8.54. The zero-order valence-electron chi connectivity index (χ0n) is 19.4. The minimum atomic E-state index is -0.662. The van der Waals surface area contributed by atoms with Crippen molar-refractivity contribution in [3.63, 3.8) is 0 Å². The van der Waals surface area contributed by atoms with Crippen LogP contribution in [-0.4, -0.2) is 73.1 Å². The minimum Gasteiger partial charge on any atom is -0.507 e. The third-order valence-corrected chi connectivity index (χ3v) is 6.90. The van der Waals surface area contributed by atoms with Crippen LogP contribution in [0.1, 0.15) is 29.2 Å². The van der Waals surface area contributed by atoms with Crippen molar-refractivity contribution in [2.24, 2.45) is 0 Å². The number of benzene rings is 2. The average Bonchev–Trinajstić information content (AvgIpc) is 3.09. The predicted molar refractivity (Wildman–Crippen MR) is 133 cm³/mol. The molecule has 34 heavy (non-hydrogen) atoms. The molecule has 2 aliphatic heterocycles. The summed E-state index contributed by atoms with van der Waals surface area (Å²) in [5, 5.41) is 11.2. The highest BCUT2D eigenvalue weighted by atomic mass is 79.9. The van der Waals surface area contributed by atoms with Gasteiger partial charge in [-0.25, -0.2) is 0 Å². The van der Waals surface area contributed by atoms with Crippen LogP contribution < -0.4 is 4.74 Å². The summed E-state index contributed by atoms with van der Waals surface area (Å²) in [6.45, 7) is 6.26. The number of ketones is 1. The Bertz CT molecular complexity index is 1090. The Morgan fingerprint density at radius 1 is 1.12 bits per heavy atom. The summed E-state index contributed by atoms with van der Waals surface area (Å²) in [5.41, 5.74) is 2.20. The largest absolute Gasteiger partial charge is 0.507 e. The number of methoxy groups -OCH3 is 1. The lowest BCUT2D eigenvalue weighted by molar-refractivity contribution is -0.140. The van der Waals surface area contributed by atoms with E-state index in [0.717, 1.165) is 41.7 Å². The molecule has 0 aromatic heterocycles. The fourth-order valence-corrected chi connectivity index (χ4v) is 4.84. The van der Waals surface area contributed by atoms with Crippen LogP contribution in [0.15, 0.2) is 52.5 Å². The van der Waals surface area contributed by atoms with Crippen LogP contribution in [0.5, 0.6) is 5.75 Å². The molecule has 0 saturated carbocycles. The van der Waals surface area contributed by atoms with Gasteiger partial charge >= 0.3 is 0 Å². The number of amides is 1. The number of likely N-dealkylation sites (tertiary alicyclic amines) is 1. The summed E-state index contributed by atoms with van der Waals surface area (Å²) in [6, 6.07) is 12.1. The summed E-state index contributed by atoms with van der Waals surface area (Å²) >= 11 is 3.44. The number of hydrogen-bond acceptors (Lipinski definition) is 6. The molecule has 0 unspecified atom stereocenters. The smallest absolute Gasteiger partial charge is 0.295 e. The van der Waals surface area contributed by atoms with Crippen LogP contribution in [0.25, 0.3) is 5.76 Å². The summed E-state index contributed by atoms with van der Waals surface area (Å²) in [4.78, 5) is 30.2. The second-order valence-corrected chi connectivity index (χ2v) is 9.45. The Labute approximate surface area is 208 Å². The highest BCUT2D eigenvalue weighted by Gasteiger charge is 2.45. The molecular formula is C26H29BrN2O5. The molecule has 2 aromatic rings. The van der Waals surface area contributed by atoms with Crippen LogP contribution in [0, 0.1) is 6.92 Å². The number of ether oxygens (including phenoxy) is 2. The van der Waals surface area contributed by atoms with Crippen LogP contribution in [0.2, 0.25) is 0 Å². The quantitative estimate of drug-likeness (QED) is 0.333. The molecule has 1 amide bonds. The van der Waals surface area contributed by atoms with Gasteiger partial charge in [-0.15, -0.1) is 0 Å². The zero-order chi connectivity index (χ0) is 24.2. The molecule has 0 bridgehead atoms. The number of morpholine rings is 1. The maximum atomic E-state index is 13.2. The first kappa shape index (κ1) is 24.4. The van der Waals surface area contributed by atoms with Crippen molar-refractivity contribution >= 4 is 33.4 Å². The van der Waals surface area contributed by atoms with E-state index in [2.05, 4.69) is 20.8 Å². The van der Waals surface area contributed by atoms with E-state index in [1.807, 2.05) is 31.2 Å². The van der Waals surface area contributed by atoms with E-state index in [4.69, 9.17) is 9.47 Å². The molecule has 8 heteroatoms. The summed E-state index contributed by atoms with van der Waals surface area (Å²) in [5.74, 6) is -0.732. The van der Waals surface area contributed by atoms with E-state index in [1.165, 1.54) is 0 Å². The molecule has 2 fully saturated rings. The Hall–Kier alpha value is -2.68. The van der Waals surface area contributed by atoms with E-state index in [-0.39, 0.29) is 11.3 Å². The van der Waals surface area contributed by atoms with Crippen LogP contribution >= 0.6 is 15.9 Å². The molecule has 4 rings (SSSR count). The number of carbonyl (C=O) groups is 2. The fourth-order valence-electron chi connectivity index (χ4n) is 4.57. The SMILES string of the molecule is COc1ccc(/C(O)=C2\C(=O)C(=O)N(CCCN3CCOCC3)[C@H]2c2ccc(Br)cc2)cc1C. The first-order valence-corrected chi connectivity index (χ1v) is 12.2. The van der Waals surface area contributed by atoms with Gasteiger partial charge in [0, 0.05) is 36.2 Å². The number of nitrogens with zero attached hydrogens (tertiary/aromatic N) is 2. The van der Waals surface area contributed by atoms with E-state index < -0.39 is 17.7 Å². The van der Waals surface area contributed by atoms with Gasteiger partial charge in [-0.2, -0.15) is 0 Å². The lowest BCUT2D eigenvalue weighted by atomic mass is 9.95. The highest BCUT2D eigenvalue weighted by Crippen LogP contribution is 2.40. The third kappa shape index (κ3) is 5.04. The average molecular weight is 529 g/mol. The Kier molecular flexibility index (Phi) is 7.70. The first-order valence-electron chi connectivity index (χ1n) is 11.4. The summed E-state index contributed by atoms with van der Waals surface area (Å²) < 4.78 is 11.6. The molecule has 1 N–H and O–H groups in total. The lowest BCUT2D eigenvalue weighted by Crippen LogP contribution is -2.38. The number of hydrogen-bond donors (Lipinski definition) is 1. The van der Waals surface area contributed by atoms with Gasteiger partial charge in [-0.1, -0.05) is 28.1 Å². The van der Waals surface area contributed by atoms with Gasteiger partial charge in [-0.3, -0.25) is 14.5 Å². The number of carbonyl (C=O) groups excluding carboxylic acids is 2. The monoisotopic (exact) mass is 528 g/mol. The number of halogens is 1. The Morgan fingerprint density at radius 3 is 2.47 bits per heavy atom. The van der Waals surface area contributed by atoms with Crippen molar-refractivity contribution in [2.45, 2.75) is 19.4 Å². The fraction of sp³-hybridized carbons (Fsp3) is 0.385. The number of rotatable bonds is 7. The van der Waals surface area contributed by atoms with Gasteiger partial charge in [0.05, 0.1) is 31.9 Å². The topological polar surface area (TPSA) is 79.3 Å². The van der Waals surface area contributed by atoms with Crippen LogP contribution in [0.3, 0.4) is 0 Å². The van der Waals surface area contributed by atoms with Gasteiger partial charge in [0.15, 0.2) is 0 Å². The van der Waals surface area contributed by atoms with Gasteiger partial charge < -0.3 is 19.5 Å². The summed E-state index contributed by atoms with van der Waals surface area (Å²) in [6.07, 6.45) is 0.724. The maximum absolute atomic E-state index is 13.2. The molecule has 2 saturated heterocycles. The Morgan fingerprint density at radius 2 is 1.82 bits per heavy atom. The molecule has 1 atom stereocenters. The highest BCUT2D eigenvalue weighted by molar-refractivity contribution is 9.10. The molecule has 0 radical (unpaired) electrons. The Balaban J connectivity index is 1.68. The van der Waals surface area contributed by atoms with E-state index in [9.17, 15) is 14.7 Å². The van der Waals surface area contributed by atoms with Gasteiger partial charge in [-0.05, 0) is 54.8 Å². The van der Waals surface area contributed by atoms with Gasteiger partial charge in [0.25, 0.3) is 11.7 Å². The van der Waals surface area contributed by atoms with Crippen molar-refractivity contribution in [2.75, 3.05) is 46.5 Å². The third-order valence-electron chi connectivity index (χ3n) is 6.37. The first-order chi connectivity index (χ1) is 16.4. The molecular weight excluding hydrogens is 500 g/mol. The van der Waals surface area contributed by atoms with Crippen molar-refractivity contribution in [1.82, 2.24) is 9.80 Å². The normalized spacial score (nSPS) is 20.7. The van der Waals surface area contributed by atoms with Crippen molar-refractivity contribution in [3.05, 3.63) is 69.2 Å². The van der Waals surface area contributed by atoms with Gasteiger partial charge in [0.1, 0.15) is 11.5 Å². The molecule has 180 valence electrons. The van der Waals surface area contributed by atoms with Crippen LogP contribution in [-0.2, 0) is 14.3 Å². The number of aliphatic hydroxyl groups is 1. The molecule has 0 aliphatic carbocycles. The molecule has 2 aliphatic rings. The molecule has 7 nitrogen and oxygen atoms in total. The number of aryl methyl sites for hydroxylation is 1.